The fourth-order valence-corrected chi connectivity index (χ4v) is 3.71. The van der Waals surface area contributed by atoms with E-state index < -0.39 is 12.7 Å². The van der Waals surface area contributed by atoms with Crippen molar-refractivity contribution in [3.8, 4) is 11.4 Å². The molecule has 0 bridgehead atoms. The summed E-state index contributed by atoms with van der Waals surface area (Å²) in [4.78, 5) is 23.1. The van der Waals surface area contributed by atoms with Crippen molar-refractivity contribution in [3.05, 3.63) is 35.1 Å². The summed E-state index contributed by atoms with van der Waals surface area (Å²) in [6.45, 7) is 0. The molecule has 4 N–H and O–H groups in total. The van der Waals surface area contributed by atoms with Crippen molar-refractivity contribution >= 4 is 45.3 Å². The number of carbonyl (C=O) groups excluding carboxylic acids is 1. The quantitative estimate of drug-likeness (QED) is 0.428. The predicted molar refractivity (Wildman–Crippen MR) is 109 cm³/mol. The number of aromatic nitrogens is 5. The number of anilines is 1. The van der Waals surface area contributed by atoms with Gasteiger partial charge in [-0.15, -0.1) is 0 Å². The van der Waals surface area contributed by atoms with Gasteiger partial charge in [0.05, 0.1) is 16.1 Å². The van der Waals surface area contributed by atoms with Gasteiger partial charge in [0, 0.05) is 22.5 Å². The number of rotatable bonds is 5. The van der Waals surface area contributed by atoms with Gasteiger partial charge >= 0.3 is 0 Å². The Kier molecular flexibility index (Phi) is 4.50. The number of carbonyl (C=O) groups is 1. The van der Waals surface area contributed by atoms with Crippen LogP contribution in [0.25, 0.3) is 33.3 Å². The number of H-pyrrole nitrogens is 1. The zero-order valence-electron chi connectivity index (χ0n) is 15.7. The van der Waals surface area contributed by atoms with Crippen LogP contribution < -0.4 is 11.1 Å². The summed E-state index contributed by atoms with van der Waals surface area (Å²) in [5.41, 5.74) is 6.94. The normalized spacial score (nSPS) is 15.1. The van der Waals surface area contributed by atoms with Gasteiger partial charge < -0.3 is 16.0 Å². The van der Waals surface area contributed by atoms with Crippen LogP contribution in [0.15, 0.2) is 24.5 Å². The van der Waals surface area contributed by atoms with Gasteiger partial charge in [-0.2, -0.15) is 5.10 Å². The monoisotopic (exact) mass is 449 g/mol. The van der Waals surface area contributed by atoms with E-state index in [9.17, 15) is 18.0 Å². The van der Waals surface area contributed by atoms with Crippen LogP contribution in [-0.4, -0.2) is 43.1 Å². The van der Waals surface area contributed by atoms with Gasteiger partial charge in [0.15, 0.2) is 5.65 Å². The molecule has 0 radical (unpaired) electrons. The molecule has 160 valence electrons. The van der Waals surface area contributed by atoms with Crippen molar-refractivity contribution in [1.29, 1.82) is 0 Å². The van der Waals surface area contributed by atoms with Crippen molar-refractivity contribution in [2.24, 2.45) is 0 Å². The molecule has 1 saturated carbocycles. The van der Waals surface area contributed by atoms with Gasteiger partial charge in [-0.05, 0) is 25.0 Å². The number of nitrogen functional groups attached to an aromatic ring is 1. The Balaban J connectivity index is 1.66. The SMILES string of the molecule is Nc1ncnc2c1c(-c1[nH]c3cc(C(=O)NC4CC4)ccc3c1Cl)nn2C(F)C(F)F. The van der Waals surface area contributed by atoms with Gasteiger partial charge in [-0.3, -0.25) is 4.79 Å². The molecule has 0 aliphatic heterocycles. The van der Waals surface area contributed by atoms with E-state index in [1.54, 1.807) is 18.2 Å². The average Bonchev–Trinajstić information content (AvgIpc) is 3.38. The lowest BCUT2D eigenvalue weighted by atomic mass is 10.1. The molecule has 1 unspecified atom stereocenters. The molecule has 0 spiro atoms. The highest BCUT2D eigenvalue weighted by molar-refractivity contribution is 6.38. The number of nitrogens with one attached hydrogen (secondary N) is 2. The lowest BCUT2D eigenvalue weighted by Gasteiger charge is -2.07. The third-order valence-corrected chi connectivity index (χ3v) is 5.50. The molecule has 1 atom stereocenters. The first-order valence-electron chi connectivity index (χ1n) is 9.38. The lowest BCUT2D eigenvalue weighted by Crippen LogP contribution is -2.25. The molecule has 5 rings (SSSR count). The van der Waals surface area contributed by atoms with E-state index in [1.165, 1.54) is 0 Å². The first-order chi connectivity index (χ1) is 14.8. The number of benzene rings is 1. The van der Waals surface area contributed by atoms with Crippen LogP contribution in [0.1, 0.15) is 29.5 Å². The largest absolute Gasteiger partial charge is 0.383 e. The topological polar surface area (TPSA) is 115 Å². The van der Waals surface area contributed by atoms with Crippen LogP contribution in [0.5, 0.6) is 0 Å². The maximum absolute atomic E-state index is 14.2. The van der Waals surface area contributed by atoms with E-state index in [4.69, 9.17) is 17.3 Å². The van der Waals surface area contributed by atoms with Gasteiger partial charge in [0.1, 0.15) is 17.8 Å². The average molecular weight is 450 g/mol. The van der Waals surface area contributed by atoms with Crippen molar-refractivity contribution < 1.29 is 18.0 Å². The highest BCUT2D eigenvalue weighted by Gasteiger charge is 2.29. The zero-order chi connectivity index (χ0) is 21.9. The minimum atomic E-state index is -3.32. The number of halogens is 4. The van der Waals surface area contributed by atoms with Crippen LogP contribution in [0.4, 0.5) is 19.0 Å². The highest BCUT2D eigenvalue weighted by Crippen LogP contribution is 2.39. The fourth-order valence-electron chi connectivity index (χ4n) is 3.41. The second-order valence-corrected chi connectivity index (χ2v) is 7.66. The molecule has 1 fully saturated rings. The van der Waals surface area contributed by atoms with E-state index in [1.807, 2.05) is 0 Å². The van der Waals surface area contributed by atoms with Crippen molar-refractivity contribution in [2.75, 3.05) is 5.73 Å². The molecule has 1 amide bonds. The second kappa shape index (κ2) is 7.12. The highest BCUT2D eigenvalue weighted by atomic mass is 35.5. The first kappa shape index (κ1) is 19.6. The summed E-state index contributed by atoms with van der Waals surface area (Å²) in [7, 11) is 0. The molecule has 4 aromatic rings. The maximum atomic E-state index is 14.2. The van der Waals surface area contributed by atoms with Crippen molar-refractivity contribution in [3.63, 3.8) is 0 Å². The number of amides is 1. The van der Waals surface area contributed by atoms with E-state index in [0.717, 1.165) is 19.2 Å². The molecule has 3 heterocycles. The van der Waals surface area contributed by atoms with E-state index in [0.29, 0.717) is 21.1 Å². The Morgan fingerprint density at radius 1 is 1.29 bits per heavy atom. The number of hydrogen-bond donors (Lipinski definition) is 3. The minimum absolute atomic E-state index is 0.0292. The third kappa shape index (κ3) is 3.25. The molecular weight excluding hydrogens is 435 g/mol. The van der Waals surface area contributed by atoms with Crippen LogP contribution in [0.3, 0.4) is 0 Å². The van der Waals surface area contributed by atoms with Crippen molar-refractivity contribution in [1.82, 2.24) is 30.0 Å². The molecule has 12 heteroatoms. The fraction of sp³-hybridized carbons (Fsp3) is 0.263. The molecule has 0 saturated heterocycles. The van der Waals surface area contributed by atoms with Gasteiger partial charge in [0.2, 0.25) is 0 Å². The minimum Gasteiger partial charge on any atom is -0.383 e. The Morgan fingerprint density at radius 2 is 2.06 bits per heavy atom. The predicted octanol–water partition coefficient (Wildman–Crippen LogP) is 3.84. The number of nitrogens with zero attached hydrogens (tertiary/aromatic N) is 4. The zero-order valence-corrected chi connectivity index (χ0v) is 16.5. The third-order valence-electron chi connectivity index (χ3n) is 5.11. The Bertz CT molecular complexity index is 1330. The summed E-state index contributed by atoms with van der Waals surface area (Å²) in [6.07, 6.45) is -3.10. The maximum Gasteiger partial charge on any atom is 0.289 e. The molecule has 1 aliphatic carbocycles. The van der Waals surface area contributed by atoms with E-state index in [2.05, 4.69) is 25.4 Å². The van der Waals surface area contributed by atoms with E-state index >= 15 is 0 Å². The first-order valence-corrected chi connectivity index (χ1v) is 9.76. The number of hydrogen-bond acceptors (Lipinski definition) is 5. The Labute approximate surface area is 177 Å². The Hall–Kier alpha value is -3.34. The second-order valence-electron chi connectivity index (χ2n) is 7.28. The van der Waals surface area contributed by atoms with Gasteiger partial charge in [0.25, 0.3) is 18.6 Å². The van der Waals surface area contributed by atoms with Crippen LogP contribution in [-0.2, 0) is 0 Å². The smallest absolute Gasteiger partial charge is 0.289 e. The van der Waals surface area contributed by atoms with E-state index in [-0.39, 0.29) is 45.2 Å². The summed E-state index contributed by atoms with van der Waals surface area (Å²) in [5, 5.41) is 7.76. The summed E-state index contributed by atoms with van der Waals surface area (Å²) in [6, 6.07) is 5.12. The molecule has 31 heavy (non-hydrogen) atoms. The summed E-state index contributed by atoms with van der Waals surface area (Å²) < 4.78 is 40.7. The van der Waals surface area contributed by atoms with Gasteiger partial charge in [-0.25, -0.2) is 27.8 Å². The molecular formula is C19H15ClF3N7O. The molecule has 1 aromatic carbocycles. The van der Waals surface area contributed by atoms with Crippen LogP contribution in [0.2, 0.25) is 5.02 Å². The summed E-state index contributed by atoms with van der Waals surface area (Å²) >= 11 is 6.52. The number of alkyl halides is 3. The Morgan fingerprint density at radius 3 is 2.77 bits per heavy atom. The van der Waals surface area contributed by atoms with Crippen molar-refractivity contribution in [2.45, 2.75) is 31.6 Å². The molecule has 8 nitrogen and oxygen atoms in total. The number of fused-ring (bicyclic) bond motifs is 2. The number of nitrogens with two attached hydrogens (primary N) is 1. The standard InChI is InChI=1S/C19H15ClF3N7O/c20-12-9-4-1-7(19(31)27-8-2-3-8)5-10(9)28-14(12)13-11-17(24)25-6-26-18(11)30(29-13)16(23)15(21)22/h1,4-6,8,15-16,28H,2-3H2,(H,27,31)(H2,24,25,26). The molecule has 3 aromatic heterocycles. The summed E-state index contributed by atoms with van der Waals surface area (Å²) in [5.74, 6) is -0.270. The molecule has 1 aliphatic rings. The van der Waals surface area contributed by atoms with Crippen LogP contribution >= 0.6 is 11.6 Å². The lowest BCUT2D eigenvalue weighted by molar-refractivity contribution is 0.00323. The number of aromatic amines is 1. The van der Waals surface area contributed by atoms with Crippen LogP contribution in [0, 0.1) is 0 Å². The van der Waals surface area contributed by atoms with Gasteiger partial charge in [-0.1, -0.05) is 17.7 Å².